The van der Waals surface area contributed by atoms with E-state index in [1.807, 2.05) is 7.05 Å². The fraction of sp³-hybridized carbons (Fsp3) is 0.846. The Morgan fingerprint density at radius 1 is 0.686 bits per heavy atom. The number of unbranched alkanes of at least 4 members (excludes halogenated alkanes) is 1. The van der Waals surface area contributed by atoms with Gasteiger partial charge in [0, 0.05) is 65.2 Å². The summed E-state index contributed by atoms with van der Waals surface area (Å²) in [7, 11) is 5.16. The Kier molecular flexibility index (Phi) is 25.5. The molecule has 0 saturated carbocycles. The molecule has 0 radical (unpaired) electrons. The van der Waals surface area contributed by atoms with Gasteiger partial charge in [0.05, 0.1) is 0 Å². The van der Waals surface area contributed by atoms with Gasteiger partial charge in [-0.2, -0.15) is 0 Å². The second-order valence-corrected chi connectivity index (χ2v) is 8.87. The molecule has 206 valence electrons. The Morgan fingerprint density at radius 3 is 1.46 bits per heavy atom. The number of nitrogens with one attached hydrogen (secondary N) is 3. The van der Waals surface area contributed by atoms with Crippen LogP contribution in [-0.2, 0) is 28.7 Å². The SMILES string of the molecule is CCCC[C@H](CC(C)=O)C(=O)NCCCOC.CNCCC[C@H](CC(C)=O)C(=O)NCCCOC. The number of hydrogen-bond acceptors (Lipinski definition) is 7. The number of rotatable bonds is 21. The third-order valence-electron chi connectivity index (χ3n) is 5.34. The summed E-state index contributed by atoms with van der Waals surface area (Å²) in [6.45, 7) is 8.53. The lowest BCUT2D eigenvalue weighted by atomic mass is 9.95. The summed E-state index contributed by atoms with van der Waals surface area (Å²) in [6, 6.07) is 0. The van der Waals surface area contributed by atoms with Gasteiger partial charge in [0.15, 0.2) is 0 Å². The van der Waals surface area contributed by atoms with E-state index >= 15 is 0 Å². The molecule has 35 heavy (non-hydrogen) atoms. The lowest BCUT2D eigenvalue weighted by molar-refractivity contribution is -0.129. The number of amides is 2. The Bertz CT molecular complexity index is 571. The summed E-state index contributed by atoms with van der Waals surface area (Å²) in [5.74, 6) is -0.217. The van der Waals surface area contributed by atoms with Crippen LogP contribution < -0.4 is 16.0 Å². The number of ether oxygens (including phenoxy) is 2. The summed E-state index contributed by atoms with van der Waals surface area (Å²) >= 11 is 0. The third kappa shape index (κ3) is 23.7. The molecule has 9 nitrogen and oxygen atoms in total. The molecule has 0 rings (SSSR count). The molecule has 0 spiro atoms. The third-order valence-corrected chi connectivity index (χ3v) is 5.34. The molecule has 0 saturated heterocycles. The molecule has 0 heterocycles. The molecule has 0 aliphatic rings. The van der Waals surface area contributed by atoms with E-state index < -0.39 is 0 Å². The van der Waals surface area contributed by atoms with Crippen molar-refractivity contribution in [1.29, 1.82) is 0 Å². The number of Topliss-reactive ketones (excluding diaryl/α,β-unsaturated/α-hetero) is 2. The first-order valence-corrected chi connectivity index (χ1v) is 12.9. The van der Waals surface area contributed by atoms with Gasteiger partial charge in [-0.25, -0.2) is 0 Å². The van der Waals surface area contributed by atoms with E-state index in [4.69, 9.17) is 9.47 Å². The van der Waals surface area contributed by atoms with E-state index in [0.717, 1.165) is 51.5 Å². The van der Waals surface area contributed by atoms with E-state index in [-0.39, 0.29) is 35.2 Å². The van der Waals surface area contributed by atoms with Crippen molar-refractivity contribution in [2.24, 2.45) is 11.8 Å². The normalized spacial score (nSPS) is 12.2. The van der Waals surface area contributed by atoms with Gasteiger partial charge in [-0.1, -0.05) is 19.8 Å². The summed E-state index contributed by atoms with van der Waals surface area (Å²) in [6.07, 6.45) is 6.78. The highest BCUT2D eigenvalue weighted by Gasteiger charge is 2.20. The Labute approximate surface area is 212 Å². The van der Waals surface area contributed by atoms with Crippen molar-refractivity contribution in [3.63, 3.8) is 0 Å². The van der Waals surface area contributed by atoms with Gasteiger partial charge in [-0.05, 0) is 59.5 Å². The van der Waals surface area contributed by atoms with Crippen LogP contribution in [0, 0.1) is 11.8 Å². The van der Waals surface area contributed by atoms with Crippen molar-refractivity contribution in [1.82, 2.24) is 16.0 Å². The van der Waals surface area contributed by atoms with Gasteiger partial charge in [0.25, 0.3) is 0 Å². The molecule has 0 unspecified atom stereocenters. The van der Waals surface area contributed by atoms with Crippen molar-refractivity contribution in [3.8, 4) is 0 Å². The maximum absolute atomic E-state index is 11.9. The zero-order valence-electron chi connectivity index (χ0n) is 23.0. The van der Waals surface area contributed by atoms with Crippen LogP contribution in [0.1, 0.15) is 78.6 Å². The molecule has 0 bridgehead atoms. The van der Waals surface area contributed by atoms with Gasteiger partial charge in [0.1, 0.15) is 11.6 Å². The first kappa shape index (κ1) is 35.3. The van der Waals surface area contributed by atoms with Gasteiger partial charge in [0.2, 0.25) is 11.8 Å². The molecule has 0 aliphatic carbocycles. The largest absolute Gasteiger partial charge is 0.385 e. The Morgan fingerprint density at radius 2 is 1.11 bits per heavy atom. The van der Waals surface area contributed by atoms with E-state index in [0.29, 0.717) is 39.1 Å². The lowest BCUT2D eigenvalue weighted by Crippen LogP contribution is -2.33. The summed E-state index contributed by atoms with van der Waals surface area (Å²) < 4.78 is 9.82. The van der Waals surface area contributed by atoms with Crippen molar-refractivity contribution in [3.05, 3.63) is 0 Å². The van der Waals surface area contributed by atoms with Crippen LogP contribution >= 0.6 is 0 Å². The minimum Gasteiger partial charge on any atom is -0.385 e. The van der Waals surface area contributed by atoms with Crippen LogP contribution in [-0.4, -0.2) is 77.5 Å². The molecule has 0 aliphatic heterocycles. The molecule has 0 aromatic rings. The minimum atomic E-state index is -0.196. The Balaban J connectivity index is 0. The highest BCUT2D eigenvalue weighted by Crippen LogP contribution is 2.14. The first-order chi connectivity index (χ1) is 16.7. The van der Waals surface area contributed by atoms with Crippen LogP contribution in [0.25, 0.3) is 0 Å². The predicted molar refractivity (Wildman–Crippen MR) is 139 cm³/mol. The van der Waals surface area contributed by atoms with Crippen LogP contribution in [0.2, 0.25) is 0 Å². The predicted octanol–water partition coefficient (Wildman–Crippen LogP) is 2.66. The van der Waals surface area contributed by atoms with Gasteiger partial charge >= 0.3 is 0 Å². The molecule has 2 amide bonds. The maximum Gasteiger partial charge on any atom is 0.223 e. The molecule has 2 atom stereocenters. The fourth-order valence-corrected chi connectivity index (χ4v) is 3.47. The van der Waals surface area contributed by atoms with E-state index in [1.54, 1.807) is 14.2 Å². The standard InChI is InChI=1S/C13H26N2O3.C13H25NO3/c1-11(16)10-12(6-4-7-14-2)13(17)15-8-5-9-18-3;1-4-5-7-12(10-11(2)15)13(16)14-8-6-9-17-3/h12,14H,4-10H2,1-3H3,(H,15,17);12H,4-10H2,1-3H3,(H,14,16)/t2*12-/m11/s1. The number of carbonyl (C=O) groups excluding carboxylic acids is 4. The molecule has 9 heteroatoms. The molecule has 0 aromatic heterocycles. The maximum atomic E-state index is 11.9. The number of ketones is 2. The molecule has 0 fully saturated rings. The van der Waals surface area contributed by atoms with E-state index in [9.17, 15) is 19.2 Å². The van der Waals surface area contributed by atoms with Crippen LogP contribution in [0.15, 0.2) is 0 Å². The fourth-order valence-electron chi connectivity index (χ4n) is 3.47. The molecular weight excluding hydrogens is 450 g/mol. The average Bonchev–Trinajstić information content (AvgIpc) is 2.81. The van der Waals surface area contributed by atoms with Crippen molar-refractivity contribution >= 4 is 23.4 Å². The quantitative estimate of drug-likeness (QED) is 0.207. The first-order valence-electron chi connectivity index (χ1n) is 12.9. The van der Waals surface area contributed by atoms with E-state index in [1.165, 1.54) is 13.8 Å². The molecule has 0 aromatic carbocycles. The highest BCUT2D eigenvalue weighted by molar-refractivity contribution is 5.86. The smallest absolute Gasteiger partial charge is 0.223 e. The second kappa shape index (κ2) is 25.3. The minimum absolute atomic E-state index is 0.00440. The van der Waals surface area contributed by atoms with Gasteiger partial charge < -0.3 is 35.0 Å². The van der Waals surface area contributed by atoms with Crippen LogP contribution in [0.5, 0.6) is 0 Å². The average molecular weight is 502 g/mol. The zero-order valence-corrected chi connectivity index (χ0v) is 23.0. The van der Waals surface area contributed by atoms with Crippen molar-refractivity contribution in [2.45, 2.75) is 78.6 Å². The summed E-state index contributed by atoms with van der Waals surface area (Å²) in [5, 5.41) is 8.76. The molecule has 3 N–H and O–H groups in total. The Hall–Kier alpha value is -1.84. The van der Waals surface area contributed by atoms with E-state index in [2.05, 4.69) is 22.9 Å². The van der Waals surface area contributed by atoms with Crippen LogP contribution in [0.4, 0.5) is 0 Å². The van der Waals surface area contributed by atoms with Gasteiger partial charge in [-0.3, -0.25) is 9.59 Å². The van der Waals surface area contributed by atoms with Crippen molar-refractivity contribution < 1.29 is 28.7 Å². The number of carbonyl (C=O) groups is 4. The van der Waals surface area contributed by atoms with Crippen LogP contribution in [0.3, 0.4) is 0 Å². The number of methoxy groups -OCH3 is 2. The zero-order chi connectivity index (χ0) is 26.9. The molecular formula is C26H51N3O6. The second-order valence-electron chi connectivity index (χ2n) is 8.87. The summed E-state index contributed by atoms with van der Waals surface area (Å²) in [4.78, 5) is 46.0. The lowest BCUT2D eigenvalue weighted by Gasteiger charge is -2.15. The summed E-state index contributed by atoms with van der Waals surface area (Å²) in [5.41, 5.74) is 0. The van der Waals surface area contributed by atoms with Gasteiger partial charge in [-0.15, -0.1) is 0 Å². The highest BCUT2D eigenvalue weighted by atomic mass is 16.5. The topological polar surface area (TPSA) is 123 Å². The number of hydrogen-bond donors (Lipinski definition) is 3. The van der Waals surface area contributed by atoms with Crippen molar-refractivity contribution in [2.75, 3.05) is 54.1 Å². The monoisotopic (exact) mass is 501 g/mol.